The number of aliphatic hydroxyl groups is 1. The van der Waals surface area contributed by atoms with Gasteiger partial charge in [0.25, 0.3) is 5.91 Å². The lowest BCUT2D eigenvalue weighted by molar-refractivity contribution is -0.138. The van der Waals surface area contributed by atoms with E-state index < -0.39 is 11.9 Å². The minimum Gasteiger partial charge on any atom is -0.506 e. The third-order valence-corrected chi connectivity index (χ3v) is 6.89. The number of carbonyl (C=O) groups is 2. The highest BCUT2D eigenvalue weighted by Gasteiger charge is 2.34. The van der Waals surface area contributed by atoms with Crippen molar-refractivity contribution >= 4 is 57.3 Å². The van der Waals surface area contributed by atoms with Crippen molar-refractivity contribution in [3.05, 3.63) is 99.3 Å². The Hall–Kier alpha value is -3.55. The van der Waals surface area contributed by atoms with Gasteiger partial charge >= 0.3 is 5.97 Å². The molecule has 1 aliphatic rings. The third kappa shape index (κ3) is 4.70. The molecule has 1 N–H and O–H groups in total. The number of benzene rings is 2. The van der Waals surface area contributed by atoms with E-state index in [0.29, 0.717) is 11.4 Å². The molecule has 178 valence electrons. The van der Waals surface area contributed by atoms with Crippen molar-refractivity contribution < 1.29 is 19.4 Å². The van der Waals surface area contributed by atoms with E-state index in [9.17, 15) is 14.7 Å². The summed E-state index contributed by atoms with van der Waals surface area (Å²) in [6.07, 6.45) is 3.63. The van der Waals surface area contributed by atoms with Crippen molar-refractivity contribution in [3.8, 4) is 0 Å². The maximum absolute atomic E-state index is 12.8. The number of halogens is 1. The van der Waals surface area contributed by atoms with Crippen LogP contribution in [0.3, 0.4) is 0 Å². The SMILES string of the molecule is C=CCn1c(C)c(/C=C2\SC(=NC(=O)c3ccccc3Cl)C(C(=O)OCC)=C2O)c2ccccc21. The zero-order valence-electron chi connectivity index (χ0n) is 19.2. The number of allylic oxidation sites excluding steroid dienone is 1. The lowest BCUT2D eigenvalue weighted by atomic mass is 10.1. The average Bonchev–Trinajstić information content (AvgIpc) is 3.28. The fourth-order valence-corrected chi connectivity index (χ4v) is 5.13. The molecule has 6 nitrogen and oxygen atoms in total. The monoisotopic (exact) mass is 506 g/mol. The third-order valence-electron chi connectivity index (χ3n) is 5.54. The molecule has 3 aromatic rings. The predicted octanol–water partition coefficient (Wildman–Crippen LogP) is 6.49. The van der Waals surface area contributed by atoms with Crippen molar-refractivity contribution in [2.24, 2.45) is 4.99 Å². The van der Waals surface area contributed by atoms with Crippen LogP contribution in [0, 0.1) is 6.92 Å². The number of aromatic nitrogens is 1. The zero-order valence-corrected chi connectivity index (χ0v) is 20.8. The molecule has 0 radical (unpaired) electrons. The number of esters is 1. The number of nitrogens with zero attached hydrogens (tertiary/aromatic N) is 2. The number of carbonyl (C=O) groups excluding carboxylic acids is 2. The molecular weight excluding hydrogens is 484 g/mol. The Morgan fingerprint density at radius 3 is 2.63 bits per heavy atom. The smallest absolute Gasteiger partial charge is 0.344 e. The molecular formula is C27H23ClN2O4S. The number of fused-ring (bicyclic) bond motifs is 1. The summed E-state index contributed by atoms with van der Waals surface area (Å²) in [5.41, 5.74) is 2.94. The standard InChI is InChI=1S/C27H23ClN2O4S/c1-4-14-30-16(3)19(17-10-7-9-13-21(17)30)15-22-24(31)23(27(33)34-5-2)26(35-22)29-25(32)18-11-6-8-12-20(18)28/h4,6-13,15,31H,1,5,14H2,2-3H3/b22-15-,29-26?. The predicted molar refractivity (Wildman–Crippen MR) is 142 cm³/mol. The lowest BCUT2D eigenvalue weighted by Crippen LogP contribution is -2.14. The Balaban J connectivity index is 1.84. The molecule has 0 saturated heterocycles. The molecule has 0 fully saturated rings. The summed E-state index contributed by atoms with van der Waals surface area (Å²) in [6.45, 7) is 8.23. The number of thioether (sulfide) groups is 1. The Bertz CT molecular complexity index is 1450. The van der Waals surface area contributed by atoms with Gasteiger partial charge in [0.1, 0.15) is 16.4 Å². The van der Waals surface area contributed by atoms with Crippen LogP contribution in [0.1, 0.15) is 28.5 Å². The van der Waals surface area contributed by atoms with Gasteiger partial charge in [-0.25, -0.2) is 9.79 Å². The van der Waals surface area contributed by atoms with Gasteiger partial charge in [0, 0.05) is 28.7 Å². The van der Waals surface area contributed by atoms with Gasteiger partial charge in [-0.15, -0.1) is 6.58 Å². The first-order valence-electron chi connectivity index (χ1n) is 10.9. The molecule has 8 heteroatoms. The second-order valence-corrected chi connectivity index (χ2v) is 9.11. The summed E-state index contributed by atoms with van der Waals surface area (Å²) in [7, 11) is 0. The number of aliphatic imine (C=N–C) groups is 1. The van der Waals surface area contributed by atoms with Crippen LogP contribution < -0.4 is 0 Å². The number of ether oxygens (including phenoxy) is 1. The Morgan fingerprint density at radius 1 is 1.20 bits per heavy atom. The molecule has 2 aromatic carbocycles. The van der Waals surface area contributed by atoms with Gasteiger partial charge in [0.15, 0.2) is 0 Å². The second kappa shape index (κ2) is 10.4. The molecule has 0 spiro atoms. The first-order valence-corrected chi connectivity index (χ1v) is 12.1. The van der Waals surface area contributed by atoms with Crippen LogP contribution >= 0.6 is 23.4 Å². The van der Waals surface area contributed by atoms with Crippen molar-refractivity contribution in [3.63, 3.8) is 0 Å². The van der Waals surface area contributed by atoms with Crippen LogP contribution in [0.4, 0.5) is 0 Å². The van der Waals surface area contributed by atoms with E-state index in [1.807, 2.05) is 37.3 Å². The fraction of sp³-hybridized carbons (Fsp3) is 0.148. The summed E-state index contributed by atoms with van der Waals surface area (Å²) in [5.74, 6) is -1.65. The zero-order chi connectivity index (χ0) is 25.1. The Labute approximate surface area is 212 Å². The van der Waals surface area contributed by atoms with Crippen molar-refractivity contribution in [1.82, 2.24) is 4.57 Å². The topological polar surface area (TPSA) is 80.9 Å². The molecule has 1 amide bonds. The minimum absolute atomic E-state index is 0.0598. The van der Waals surface area contributed by atoms with Crippen LogP contribution in [0.2, 0.25) is 5.02 Å². The molecule has 0 bridgehead atoms. The molecule has 0 atom stereocenters. The van der Waals surface area contributed by atoms with E-state index in [4.69, 9.17) is 16.3 Å². The van der Waals surface area contributed by atoms with Gasteiger partial charge in [-0.3, -0.25) is 4.79 Å². The van der Waals surface area contributed by atoms with Crippen LogP contribution in [0.25, 0.3) is 17.0 Å². The number of hydrogen-bond acceptors (Lipinski definition) is 5. The van der Waals surface area contributed by atoms with E-state index in [1.165, 1.54) is 0 Å². The van der Waals surface area contributed by atoms with Crippen molar-refractivity contribution in [2.75, 3.05) is 6.61 Å². The van der Waals surface area contributed by atoms with Crippen LogP contribution in [0.15, 0.2) is 82.4 Å². The number of amides is 1. The highest BCUT2D eigenvalue weighted by atomic mass is 35.5. The average molecular weight is 507 g/mol. The van der Waals surface area contributed by atoms with E-state index in [-0.39, 0.29) is 33.6 Å². The quantitative estimate of drug-likeness (QED) is 0.305. The van der Waals surface area contributed by atoms with E-state index in [0.717, 1.165) is 33.9 Å². The first-order chi connectivity index (χ1) is 16.9. The highest BCUT2D eigenvalue weighted by Crippen LogP contribution is 2.41. The molecule has 1 aliphatic heterocycles. The van der Waals surface area contributed by atoms with Gasteiger partial charge in [-0.05, 0) is 38.1 Å². The van der Waals surface area contributed by atoms with Crippen LogP contribution in [0.5, 0.6) is 0 Å². The molecule has 1 aromatic heterocycles. The number of hydrogen-bond donors (Lipinski definition) is 1. The van der Waals surface area contributed by atoms with Crippen molar-refractivity contribution in [2.45, 2.75) is 20.4 Å². The first kappa shape index (κ1) is 24.6. The van der Waals surface area contributed by atoms with Crippen LogP contribution in [-0.2, 0) is 16.1 Å². The number of para-hydroxylation sites is 1. The molecule has 35 heavy (non-hydrogen) atoms. The van der Waals surface area contributed by atoms with E-state index >= 15 is 0 Å². The molecule has 0 aliphatic carbocycles. The summed E-state index contributed by atoms with van der Waals surface area (Å²) >= 11 is 7.19. The lowest BCUT2D eigenvalue weighted by Gasteiger charge is -2.04. The molecule has 0 saturated carbocycles. The normalized spacial score (nSPS) is 15.9. The molecule has 4 rings (SSSR count). The Kier molecular flexibility index (Phi) is 7.28. The summed E-state index contributed by atoms with van der Waals surface area (Å²) in [4.78, 5) is 30.1. The maximum Gasteiger partial charge on any atom is 0.344 e. The Morgan fingerprint density at radius 2 is 1.91 bits per heavy atom. The number of aliphatic hydroxyl groups excluding tert-OH is 1. The highest BCUT2D eigenvalue weighted by molar-refractivity contribution is 8.18. The fourth-order valence-electron chi connectivity index (χ4n) is 3.91. The molecule has 0 unspecified atom stereocenters. The summed E-state index contributed by atoms with van der Waals surface area (Å²) in [5, 5.41) is 12.3. The van der Waals surface area contributed by atoms with Gasteiger partial charge < -0.3 is 14.4 Å². The minimum atomic E-state index is -0.752. The summed E-state index contributed by atoms with van der Waals surface area (Å²) in [6, 6.07) is 14.4. The van der Waals surface area contributed by atoms with Gasteiger partial charge in [-0.2, -0.15) is 0 Å². The maximum atomic E-state index is 12.8. The summed E-state index contributed by atoms with van der Waals surface area (Å²) < 4.78 is 7.26. The van der Waals surface area contributed by atoms with Gasteiger partial charge in [-0.1, -0.05) is 59.8 Å². The van der Waals surface area contributed by atoms with E-state index in [2.05, 4.69) is 16.1 Å². The number of rotatable bonds is 6. The van der Waals surface area contributed by atoms with Gasteiger partial charge in [0.2, 0.25) is 0 Å². The van der Waals surface area contributed by atoms with E-state index in [1.54, 1.807) is 37.3 Å². The molecule has 2 heterocycles. The van der Waals surface area contributed by atoms with Gasteiger partial charge in [0.05, 0.1) is 22.1 Å². The second-order valence-electron chi connectivity index (χ2n) is 7.67. The van der Waals surface area contributed by atoms with Crippen LogP contribution in [-0.4, -0.2) is 33.2 Å². The van der Waals surface area contributed by atoms with Crippen molar-refractivity contribution in [1.29, 1.82) is 0 Å². The largest absolute Gasteiger partial charge is 0.506 e.